The molecule has 1 saturated heterocycles. The molecule has 6 nitrogen and oxygen atoms in total. The normalized spacial score (nSPS) is 15.8. The first-order valence-electron chi connectivity index (χ1n) is 9.85. The standard InChI is InChI=1S/C22H28N2O4/c1-2-26-21-15-17(22(25)24-16-18-7-6-12-23-18)10-11-20(21)28-14-13-27-19-8-4-3-5-9-19/h3-5,8-11,15,18,23H,2,6-7,12-14,16H2,1H3,(H,24,25). The Kier molecular flexibility index (Phi) is 7.55. The van der Waals surface area contributed by atoms with Gasteiger partial charge in [0.2, 0.25) is 0 Å². The summed E-state index contributed by atoms with van der Waals surface area (Å²) < 4.78 is 17.1. The SMILES string of the molecule is CCOc1cc(C(=O)NCC2CCCN2)ccc1OCCOc1ccccc1. The number of benzene rings is 2. The molecule has 1 aliphatic rings. The van der Waals surface area contributed by atoms with Gasteiger partial charge in [0.1, 0.15) is 19.0 Å². The molecule has 0 saturated carbocycles. The molecule has 2 aromatic rings. The number of nitrogens with one attached hydrogen (secondary N) is 2. The van der Waals surface area contributed by atoms with Crippen molar-refractivity contribution < 1.29 is 19.0 Å². The second-order valence-electron chi connectivity index (χ2n) is 6.61. The maximum absolute atomic E-state index is 12.4. The number of carbonyl (C=O) groups is 1. The number of ether oxygens (including phenoxy) is 3. The van der Waals surface area contributed by atoms with Gasteiger partial charge in [-0.15, -0.1) is 0 Å². The maximum Gasteiger partial charge on any atom is 0.251 e. The predicted octanol–water partition coefficient (Wildman–Crippen LogP) is 3.02. The molecule has 1 heterocycles. The number of hydrogen-bond donors (Lipinski definition) is 2. The summed E-state index contributed by atoms with van der Waals surface area (Å²) in [4.78, 5) is 12.4. The average molecular weight is 384 g/mol. The maximum atomic E-state index is 12.4. The van der Waals surface area contributed by atoms with E-state index in [-0.39, 0.29) is 5.91 Å². The number of amides is 1. The Morgan fingerprint density at radius 3 is 2.64 bits per heavy atom. The van der Waals surface area contributed by atoms with E-state index in [0.717, 1.165) is 25.1 Å². The lowest BCUT2D eigenvalue weighted by Gasteiger charge is -2.15. The van der Waals surface area contributed by atoms with Gasteiger partial charge in [0.15, 0.2) is 11.5 Å². The summed E-state index contributed by atoms with van der Waals surface area (Å²) in [5.74, 6) is 1.87. The summed E-state index contributed by atoms with van der Waals surface area (Å²) in [7, 11) is 0. The van der Waals surface area contributed by atoms with Crippen molar-refractivity contribution in [3.8, 4) is 17.2 Å². The lowest BCUT2D eigenvalue weighted by Crippen LogP contribution is -2.37. The fourth-order valence-electron chi connectivity index (χ4n) is 3.11. The third kappa shape index (κ3) is 5.89. The van der Waals surface area contributed by atoms with E-state index in [9.17, 15) is 4.79 Å². The Labute approximate surface area is 166 Å². The molecule has 0 aromatic heterocycles. The van der Waals surface area contributed by atoms with Gasteiger partial charge in [0.25, 0.3) is 5.91 Å². The van der Waals surface area contributed by atoms with Crippen LogP contribution in [-0.4, -0.2) is 44.9 Å². The Hall–Kier alpha value is -2.73. The molecule has 0 spiro atoms. The topological polar surface area (TPSA) is 68.8 Å². The highest BCUT2D eigenvalue weighted by molar-refractivity contribution is 5.94. The zero-order valence-corrected chi connectivity index (χ0v) is 16.3. The highest BCUT2D eigenvalue weighted by Crippen LogP contribution is 2.28. The smallest absolute Gasteiger partial charge is 0.251 e. The molecule has 1 aliphatic heterocycles. The molecular weight excluding hydrogens is 356 g/mol. The molecule has 2 N–H and O–H groups in total. The van der Waals surface area contributed by atoms with Crippen LogP contribution in [0.5, 0.6) is 17.2 Å². The van der Waals surface area contributed by atoms with E-state index < -0.39 is 0 Å². The minimum absolute atomic E-state index is 0.103. The molecule has 0 bridgehead atoms. The summed E-state index contributed by atoms with van der Waals surface area (Å²) in [6, 6.07) is 15.2. The van der Waals surface area contributed by atoms with Crippen LogP contribution in [0.3, 0.4) is 0 Å². The summed E-state index contributed by atoms with van der Waals surface area (Å²) >= 11 is 0. The molecule has 150 valence electrons. The molecule has 1 atom stereocenters. The first-order chi connectivity index (χ1) is 13.8. The fourth-order valence-corrected chi connectivity index (χ4v) is 3.11. The number of para-hydroxylation sites is 1. The zero-order valence-electron chi connectivity index (χ0n) is 16.3. The van der Waals surface area contributed by atoms with E-state index in [4.69, 9.17) is 14.2 Å². The quantitative estimate of drug-likeness (QED) is 0.617. The van der Waals surface area contributed by atoms with E-state index in [1.807, 2.05) is 37.3 Å². The van der Waals surface area contributed by atoms with Crippen LogP contribution in [0.4, 0.5) is 0 Å². The molecular formula is C22H28N2O4. The van der Waals surface area contributed by atoms with Crippen LogP contribution < -0.4 is 24.8 Å². The first kappa shape index (κ1) is 20.0. The largest absolute Gasteiger partial charge is 0.490 e. The number of rotatable bonds is 10. The summed E-state index contributed by atoms with van der Waals surface area (Å²) in [5.41, 5.74) is 0.564. The number of hydrogen-bond acceptors (Lipinski definition) is 5. The van der Waals surface area contributed by atoms with E-state index in [2.05, 4.69) is 10.6 Å². The Morgan fingerprint density at radius 1 is 1.07 bits per heavy atom. The van der Waals surface area contributed by atoms with Gasteiger partial charge in [-0.05, 0) is 56.6 Å². The zero-order chi connectivity index (χ0) is 19.6. The van der Waals surface area contributed by atoms with Gasteiger partial charge in [0.05, 0.1) is 6.61 Å². The van der Waals surface area contributed by atoms with Crippen molar-refractivity contribution in [3.05, 3.63) is 54.1 Å². The van der Waals surface area contributed by atoms with Gasteiger partial charge < -0.3 is 24.8 Å². The van der Waals surface area contributed by atoms with E-state index >= 15 is 0 Å². The fraction of sp³-hybridized carbons (Fsp3) is 0.409. The van der Waals surface area contributed by atoms with Crippen LogP contribution in [0.1, 0.15) is 30.1 Å². The van der Waals surface area contributed by atoms with Crippen LogP contribution in [-0.2, 0) is 0 Å². The lowest BCUT2D eigenvalue weighted by molar-refractivity contribution is 0.0949. The van der Waals surface area contributed by atoms with Crippen molar-refractivity contribution in [3.63, 3.8) is 0 Å². The molecule has 28 heavy (non-hydrogen) atoms. The van der Waals surface area contributed by atoms with E-state index in [0.29, 0.717) is 49.5 Å². The van der Waals surface area contributed by atoms with Gasteiger partial charge in [-0.3, -0.25) is 4.79 Å². The average Bonchev–Trinajstić information content (AvgIpc) is 3.25. The molecule has 1 fully saturated rings. The van der Waals surface area contributed by atoms with Crippen LogP contribution >= 0.6 is 0 Å². The van der Waals surface area contributed by atoms with Crippen molar-refractivity contribution >= 4 is 5.91 Å². The molecule has 0 aliphatic carbocycles. The predicted molar refractivity (Wildman–Crippen MR) is 108 cm³/mol. The Balaban J connectivity index is 1.53. The summed E-state index contributed by atoms with van der Waals surface area (Å²) in [5, 5.41) is 6.36. The van der Waals surface area contributed by atoms with Gasteiger partial charge in [-0.2, -0.15) is 0 Å². The molecule has 2 aromatic carbocycles. The van der Waals surface area contributed by atoms with Gasteiger partial charge >= 0.3 is 0 Å². The third-order valence-electron chi connectivity index (χ3n) is 4.53. The van der Waals surface area contributed by atoms with Crippen molar-refractivity contribution in [1.82, 2.24) is 10.6 Å². The minimum atomic E-state index is -0.103. The van der Waals surface area contributed by atoms with Crippen molar-refractivity contribution in [2.24, 2.45) is 0 Å². The van der Waals surface area contributed by atoms with Gasteiger partial charge in [0, 0.05) is 18.2 Å². The minimum Gasteiger partial charge on any atom is -0.490 e. The van der Waals surface area contributed by atoms with Crippen LogP contribution in [0.25, 0.3) is 0 Å². The van der Waals surface area contributed by atoms with Crippen LogP contribution in [0, 0.1) is 0 Å². The van der Waals surface area contributed by atoms with Crippen molar-refractivity contribution in [2.45, 2.75) is 25.8 Å². The van der Waals surface area contributed by atoms with Crippen molar-refractivity contribution in [2.75, 3.05) is 32.9 Å². The molecule has 3 rings (SSSR count). The molecule has 0 radical (unpaired) electrons. The second-order valence-corrected chi connectivity index (χ2v) is 6.61. The molecule has 1 unspecified atom stereocenters. The Morgan fingerprint density at radius 2 is 1.89 bits per heavy atom. The lowest BCUT2D eigenvalue weighted by atomic mass is 10.1. The summed E-state index contributed by atoms with van der Waals surface area (Å²) in [6.45, 7) is 4.86. The van der Waals surface area contributed by atoms with E-state index in [1.165, 1.54) is 0 Å². The van der Waals surface area contributed by atoms with Gasteiger partial charge in [-0.25, -0.2) is 0 Å². The second kappa shape index (κ2) is 10.6. The van der Waals surface area contributed by atoms with Crippen LogP contribution in [0.2, 0.25) is 0 Å². The van der Waals surface area contributed by atoms with Crippen LogP contribution in [0.15, 0.2) is 48.5 Å². The first-order valence-corrected chi connectivity index (χ1v) is 9.85. The van der Waals surface area contributed by atoms with Crippen molar-refractivity contribution in [1.29, 1.82) is 0 Å². The Bertz CT molecular complexity index is 745. The highest BCUT2D eigenvalue weighted by atomic mass is 16.5. The van der Waals surface area contributed by atoms with Gasteiger partial charge in [-0.1, -0.05) is 18.2 Å². The van der Waals surface area contributed by atoms with E-state index in [1.54, 1.807) is 18.2 Å². The number of carbonyl (C=O) groups excluding carboxylic acids is 1. The summed E-state index contributed by atoms with van der Waals surface area (Å²) in [6.07, 6.45) is 2.26. The molecule has 1 amide bonds. The highest BCUT2D eigenvalue weighted by Gasteiger charge is 2.16. The molecule has 6 heteroatoms. The monoisotopic (exact) mass is 384 g/mol. The third-order valence-corrected chi connectivity index (χ3v) is 4.53.